The molecule has 0 aromatic carbocycles. The summed E-state index contributed by atoms with van der Waals surface area (Å²) in [4.78, 5) is 0. The summed E-state index contributed by atoms with van der Waals surface area (Å²) in [7, 11) is 0. The van der Waals surface area contributed by atoms with Crippen LogP contribution in [0.25, 0.3) is 0 Å². The minimum Gasteiger partial charge on any atom is -0.255 e. The van der Waals surface area contributed by atoms with Crippen molar-refractivity contribution in [3.8, 4) is 0 Å². The first kappa shape index (κ1) is 31.9. The molecule has 0 aliphatic carbocycles. The van der Waals surface area contributed by atoms with E-state index in [9.17, 15) is 0 Å². The van der Waals surface area contributed by atoms with Gasteiger partial charge in [-0.3, -0.25) is 5.43 Å². The minimum absolute atomic E-state index is 1.18. The van der Waals surface area contributed by atoms with Crippen LogP contribution in [-0.4, -0.2) is 24.6 Å². The zero-order valence-corrected chi connectivity index (χ0v) is 23.0. The molecule has 32 heavy (non-hydrogen) atoms. The van der Waals surface area contributed by atoms with E-state index >= 15 is 0 Å². The van der Waals surface area contributed by atoms with Gasteiger partial charge in [0.1, 0.15) is 0 Å². The first-order valence-electron chi connectivity index (χ1n) is 15.3. The third-order valence-electron chi connectivity index (χ3n) is 6.93. The van der Waals surface area contributed by atoms with E-state index < -0.39 is 0 Å². The van der Waals surface area contributed by atoms with Crippen LogP contribution < -0.4 is 5.43 Å². The number of nitrogens with zero attached hydrogens (tertiary/aromatic N) is 1. The summed E-state index contributed by atoms with van der Waals surface area (Å²) in [6.45, 7) is 10.6. The lowest BCUT2D eigenvalue weighted by Gasteiger charge is -2.23. The van der Waals surface area contributed by atoms with Crippen molar-refractivity contribution in [2.75, 3.05) is 19.6 Å². The van der Waals surface area contributed by atoms with Crippen molar-refractivity contribution in [3.63, 3.8) is 0 Å². The molecule has 2 nitrogen and oxygen atoms in total. The second kappa shape index (κ2) is 29.0. The van der Waals surface area contributed by atoms with Crippen molar-refractivity contribution in [2.24, 2.45) is 0 Å². The molecule has 0 aliphatic rings. The fraction of sp³-hybridized carbons (Fsp3) is 1.00. The van der Waals surface area contributed by atoms with Crippen molar-refractivity contribution < 1.29 is 0 Å². The summed E-state index contributed by atoms with van der Waals surface area (Å²) >= 11 is 0. The minimum atomic E-state index is 1.18. The molecule has 0 rings (SSSR count). The first-order valence-corrected chi connectivity index (χ1v) is 15.3. The van der Waals surface area contributed by atoms with E-state index in [0.29, 0.717) is 0 Å². The smallest absolute Gasteiger partial charge is 0.0130 e. The van der Waals surface area contributed by atoms with Gasteiger partial charge in [-0.05, 0) is 19.3 Å². The summed E-state index contributed by atoms with van der Waals surface area (Å²) < 4.78 is 0. The Labute approximate surface area is 205 Å². The van der Waals surface area contributed by atoms with Gasteiger partial charge >= 0.3 is 0 Å². The molecule has 0 heterocycles. The summed E-state index contributed by atoms with van der Waals surface area (Å²) in [5, 5.41) is 2.58. The maximum Gasteiger partial charge on any atom is 0.0130 e. The number of hydrazine groups is 1. The third-order valence-corrected chi connectivity index (χ3v) is 6.93. The van der Waals surface area contributed by atoms with E-state index in [-0.39, 0.29) is 0 Å². The molecule has 0 aliphatic heterocycles. The molecule has 0 saturated carbocycles. The molecular formula is C30H64N2. The van der Waals surface area contributed by atoms with Gasteiger partial charge in [-0.15, -0.1) is 0 Å². The highest BCUT2D eigenvalue weighted by Gasteiger charge is 2.04. The monoisotopic (exact) mass is 453 g/mol. The van der Waals surface area contributed by atoms with Crippen LogP contribution in [0.3, 0.4) is 0 Å². The van der Waals surface area contributed by atoms with Crippen LogP contribution >= 0.6 is 0 Å². The molecule has 0 fully saturated rings. The average Bonchev–Trinajstić information content (AvgIpc) is 2.80. The van der Waals surface area contributed by atoms with Gasteiger partial charge in [0, 0.05) is 19.6 Å². The fourth-order valence-electron chi connectivity index (χ4n) is 4.64. The lowest BCUT2D eigenvalue weighted by atomic mass is 10.1. The van der Waals surface area contributed by atoms with Gasteiger partial charge in [0.25, 0.3) is 0 Å². The van der Waals surface area contributed by atoms with Gasteiger partial charge in [0.2, 0.25) is 0 Å². The summed E-state index contributed by atoms with van der Waals surface area (Å²) in [6, 6.07) is 0. The van der Waals surface area contributed by atoms with E-state index in [1.54, 1.807) is 0 Å². The zero-order valence-electron chi connectivity index (χ0n) is 23.0. The van der Waals surface area contributed by atoms with Gasteiger partial charge in [-0.1, -0.05) is 156 Å². The van der Waals surface area contributed by atoms with E-state index in [1.165, 1.54) is 174 Å². The van der Waals surface area contributed by atoms with Crippen LogP contribution in [0.1, 0.15) is 175 Å². The zero-order chi connectivity index (χ0) is 23.4. The van der Waals surface area contributed by atoms with Gasteiger partial charge in [-0.25, -0.2) is 5.01 Å². The molecule has 0 amide bonds. The van der Waals surface area contributed by atoms with E-state index in [0.717, 1.165) is 0 Å². The van der Waals surface area contributed by atoms with E-state index in [4.69, 9.17) is 0 Å². The number of rotatable bonds is 28. The Morgan fingerprint density at radius 2 is 0.625 bits per heavy atom. The first-order chi connectivity index (χ1) is 15.8. The van der Waals surface area contributed by atoms with Crippen molar-refractivity contribution in [1.82, 2.24) is 10.4 Å². The second-order valence-electron chi connectivity index (χ2n) is 10.3. The lowest BCUT2D eigenvalue weighted by molar-refractivity contribution is 0.177. The normalized spacial score (nSPS) is 11.6. The molecule has 0 aromatic rings. The second-order valence-corrected chi connectivity index (χ2v) is 10.3. The summed E-state index contributed by atoms with van der Waals surface area (Å²) in [5.41, 5.74) is 3.80. The molecule has 0 spiro atoms. The van der Waals surface area contributed by atoms with Crippen LogP contribution in [0.2, 0.25) is 0 Å². The predicted molar refractivity (Wildman–Crippen MR) is 147 cm³/mol. The largest absolute Gasteiger partial charge is 0.255 e. The summed E-state index contributed by atoms with van der Waals surface area (Å²) in [6.07, 6.45) is 34.0. The predicted octanol–water partition coefficient (Wildman–Crippen LogP) is 10.2. The van der Waals surface area contributed by atoms with Crippen molar-refractivity contribution in [3.05, 3.63) is 0 Å². The molecule has 0 atom stereocenters. The maximum absolute atomic E-state index is 3.80. The van der Waals surface area contributed by atoms with Crippen LogP contribution in [0.15, 0.2) is 0 Å². The molecule has 0 unspecified atom stereocenters. The van der Waals surface area contributed by atoms with Crippen LogP contribution in [0.4, 0.5) is 0 Å². The Hall–Kier alpha value is -0.0800. The van der Waals surface area contributed by atoms with Gasteiger partial charge in [0.15, 0.2) is 0 Å². The van der Waals surface area contributed by atoms with Gasteiger partial charge in [0.05, 0.1) is 0 Å². The highest BCUT2D eigenvalue weighted by molar-refractivity contribution is 4.57. The topological polar surface area (TPSA) is 15.3 Å². The standard InChI is InChI=1S/C30H64N2/c1-4-7-10-13-16-19-22-25-28-31-32(29-26-23-20-17-14-11-8-5-2)30-27-24-21-18-15-12-9-6-3/h31H,4-30H2,1-3H3. The van der Waals surface area contributed by atoms with Crippen LogP contribution in [0.5, 0.6) is 0 Å². The Bertz CT molecular complexity index is 298. The van der Waals surface area contributed by atoms with Crippen LogP contribution in [-0.2, 0) is 0 Å². The third kappa shape index (κ3) is 26.2. The Balaban J connectivity index is 3.83. The van der Waals surface area contributed by atoms with Gasteiger partial charge < -0.3 is 0 Å². The number of hydrogen-bond donors (Lipinski definition) is 1. The highest BCUT2D eigenvalue weighted by Crippen LogP contribution is 2.11. The molecule has 0 aromatic heterocycles. The average molecular weight is 453 g/mol. The fourth-order valence-corrected chi connectivity index (χ4v) is 4.64. The van der Waals surface area contributed by atoms with E-state index in [2.05, 4.69) is 31.2 Å². The molecule has 0 saturated heterocycles. The Kier molecular flexibility index (Phi) is 28.9. The van der Waals surface area contributed by atoms with Crippen molar-refractivity contribution in [2.45, 2.75) is 175 Å². The number of hydrogen-bond acceptors (Lipinski definition) is 2. The quantitative estimate of drug-likeness (QED) is 0.0937. The highest BCUT2D eigenvalue weighted by atomic mass is 15.5. The Morgan fingerprint density at radius 3 is 0.969 bits per heavy atom. The van der Waals surface area contributed by atoms with Crippen molar-refractivity contribution >= 4 is 0 Å². The van der Waals surface area contributed by atoms with Crippen LogP contribution in [0, 0.1) is 0 Å². The molecule has 1 N–H and O–H groups in total. The molecule has 0 bridgehead atoms. The van der Waals surface area contributed by atoms with E-state index in [1.807, 2.05) is 0 Å². The SMILES string of the molecule is CCCCCCCCCCNN(CCCCCCCCCC)CCCCCCCCCC. The molecule has 2 heteroatoms. The molecule has 194 valence electrons. The molecular weight excluding hydrogens is 388 g/mol. The number of nitrogens with one attached hydrogen (secondary N) is 1. The lowest BCUT2D eigenvalue weighted by Crippen LogP contribution is -2.40. The summed E-state index contributed by atoms with van der Waals surface area (Å²) in [5.74, 6) is 0. The number of unbranched alkanes of at least 4 members (excludes halogenated alkanes) is 21. The maximum atomic E-state index is 3.80. The Morgan fingerprint density at radius 1 is 0.344 bits per heavy atom. The van der Waals surface area contributed by atoms with Gasteiger partial charge in [-0.2, -0.15) is 0 Å². The van der Waals surface area contributed by atoms with Crippen molar-refractivity contribution in [1.29, 1.82) is 0 Å². The molecule has 0 radical (unpaired) electrons.